The third kappa shape index (κ3) is 1.68. The fourth-order valence-corrected chi connectivity index (χ4v) is 2.40. The van der Waals surface area contributed by atoms with Crippen LogP contribution >= 0.6 is 11.3 Å². The van der Waals surface area contributed by atoms with Gasteiger partial charge in [0.2, 0.25) is 5.13 Å². The van der Waals surface area contributed by atoms with Crippen molar-refractivity contribution in [2.24, 2.45) is 0 Å². The van der Waals surface area contributed by atoms with Crippen LogP contribution in [0.4, 0.5) is 0 Å². The van der Waals surface area contributed by atoms with Gasteiger partial charge >= 0.3 is 5.97 Å². The topological polar surface area (TPSA) is 68.0 Å². The molecule has 0 amide bonds. The molecule has 0 aliphatic heterocycles. The summed E-state index contributed by atoms with van der Waals surface area (Å²) >= 11 is 1.47. The Labute approximate surface area is 100.0 Å². The van der Waals surface area contributed by atoms with Crippen molar-refractivity contribution in [1.82, 2.24) is 14.8 Å². The zero-order chi connectivity index (χ0) is 11.8. The second-order valence-electron chi connectivity index (χ2n) is 3.41. The Kier molecular flexibility index (Phi) is 2.15. The number of carboxylic acids is 1. The Morgan fingerprint density at radius 3 is 2.82 bits per heavy atom. The minimum atomic E-state index is -1.04. The molecule has 3 rings (SSSR count). The minimum absolute atomic E-state index is 0.0178. The van der Waals surface area contributed by atoms with Gasteiger partial charge in [0.25, 0.3) is 0 Å². The fourth-order valence-electron chi connectivity index (χ4n) is 1.50. The highest BCUT2D eigenvalue weighted by molar-refractivity contribution is 7.20. The predicted octanol–water partition coefficient (Wildman–Crippen LogP) is 2.18. The maximum Gasteiger partial charge on any atom is 0.356 e. The lowest BCUT2D eigenvalue weighted by Gasteiger charge is -1.91. The first-order valence-electron chi connectivity index (χ1n) is 4.89. The number of aromatic carboxylic acids is 1. The predicted molar refractivity (Wildman–Crippen MR) is 63.7 cm³/mol. The molecule has 0 aliphatic carbocycles. The van der Waals surface area contributed by atoms with Crippen LogP contribution in [0.25, 0.3) is 15.3 Å². The molecule has 17 heavy (non-hydrogen) atoms. The summed E-state index contributed by atoms with van der Waals surface area (Å²) in [6.45, 7) is 0. The van der Waals surface area contributed by atoms with E-state index in [1.807, 2.05) is 24.3 Å². The van der Waals surface area contributed by atoms with Crippen molar-refractivity contribution in [3.05, 3.63) is 42.2 Å². The summed E-state index contributed by atoms with van der Waals surface area (Å²) in [5.41, 5.74) is 0.907. The van der Waals surface area contributed by atoms with Crippen molar-refractivity contribution < 1.29 is 9.90 Å². The molecule has 84 valence electrons. The van der Waals surface area contributed by atoms with Crippen molar-refractivity contribution in [2.75, 3.05) is 0 Å². The molecule has 0 atom stereocenters. The van der Waals surface area contributed by atoms with Crippen LogP contribution in [0.5, 0.6) is 0 Å². The highest BCUT2D eigenvalue weighted by Crippen LogP contribution is 2.23. The van der Waals surface area contributed by atoms with Crippen LogP contribution in [-0.2, 0) is 0 Å². The molecule has 6 heteroatoms. The SMILES string of the molecule is O=C(O)c1ccn(-c2nc3ccccc3s2)n1. The summed E-state index contributed by atoms with van der Waals surface area (Å²) < 4.78 is 2.53. The highest BCUT2D eigenvalue weighted by Gasteiger charge is 2.10. The van der Waals surface area contributed by atoms with E-state index in [0.29, 0.717) is 5.13 Å². The van der Waals surface area contributed by atoms with Gasteiger partial charge in [-0.2, -0.15) is 5.10 Å². The number of carbonyl (C=O) groups is 1. The molecule has 3 aromatic rings. The Balaban J connectivity index is 2.10. The first-order chi connectivity index (χ1) is 8.24. The van der Waals surface area contributed by atoms with E-state index in [-0.39, 0.29) is 5.69 Å². The molecule has 0 unspecified atom stereocenters. The Morgan fingerprint density at radius 2 is 2.12 bits per heavy atom. The molecular formula is C11H7N3O2S. The first kappa shape index (κ1) is 9.98. The van der Waals surface area contributed by atoms with Gasteiger partial charge in [-0.1, -0.05) is 23.5 Å². The molecule has 0 saturated heterocycles. The monoisotopic (exact) mass is 245 g/mol. The number of nitrogens with zero attached hydrogens (tertiary/aromatic N) is 3. The molecule has 1 aromatic carbocycles. The lowest BCUT2D eigenvalue weighted by molar-refractivity contribution is 0.0690. The quantitative estimate of drug-likeness (QED) is 0.751. The van der Waals surface area contributed by atoms with Crippen molar-refractivity contribution in [2.45, 2.75) is 0 Å². The van der Waals surface area contributed by atoms with E-state index >= 15 is 0 Å². The third-order valence-electron chi connectivity index (χ3n) is 2.29. The number of hydrogen-bond acceptors (Lipinski definition) is 4. The van der Waals surface area contributed by atoms with Gasteiger partial charge in [-0.25, -0.2) is 14.5 Å². The Bertz CT molecular complexity index is 668. The van der Waals surface area contributed by atoms with E-state index in [4.69, 9.17) is 5.11 Å². The summed E-state index contributed by atoms with van der Waals surface area (Å²) in [5, 5.41) is 13.4. The molecule has 0 fully saturated rings. The number of rotatable bonds is 2. The van der Waals surface area contributed by atoms with E-state index in [9.17, 15) is 4.79 Å². The van der Waals surface area contributed by atoms with Gasteiger partial charge in [-0.3, -0.25) is 0 Å². The maximum atomic E-state index is 10.7. The van der Waals surface area contributed by atoms with Gasteiger partial charge in [0.1, 0.15) is 0 Å². The van der Waals surface area contributed by atoms with E-state index in [0.717, 1.165) is 10.2 Å². The van der Waals surface area contributed by atoms with Gasteiger partial charge in [0.05, 0.1) is 10.2 Å². The van der Waals surface area contributed by atoms with E-state index < -0.39 is 5.97 Å². The van der Waals surface area contributed by atoms with E-state index in [1.54, 1.807) is 6.20 Å². The van der Waals surface area contributed by atoms with E-state index in [2.05, 4.69) is 10.1 Å². The third-order valence-corrected chi connectivity index (χ3v) is 3.31. The number of carboxylic acid groups (broad SMARTS) is 1. The van der Waals surface area contributed by atoms with E-state index in [1.165, 1.54) is 22.1 Å². The van der Waals surface area contributed by atoms with Crippen molar-refractivity contribution >= 4 is 27.5 Å². The smallest absolute Gasteiger partial charge is 0.356 e. The van der Waals surface area contributed by atoms with Crippen LogP contribution < -0.4 is 0 Å². The molecule has 0 saturated carbocycles. The molecule has 2 aromatic heterocycles. The number of hydrogen-bond donors (Lipinski definition) is 1. The van der Waals surface area contributed by atoms with Crippen molar-refractivity contribution in [3.8, 4) is 5.13 Å². The molecule has 0 radical (unpaired) electrons. The summed E-state index contributed by atoms with van der Waals surface area (Å²) in [7, 11) is 0. The number of thiazole rings is 1. The van der Waals surface area contributed by atoms with Crippen LogP contribution in [0.3, 0.4) is 0 Å². The molecule has 0 bridgehead atoms. The maximum absolute atomic E-state index is 10.7. The standard InChI is InChI=1S/C11H7N3O2S/c15-10(16)8-5-6-14(13-8)11-12-7-3-1-2-4-9(7)17-11/h1-6H,(H,15,16). The van der Waals surface area contributed by atoms with Crippen molar-refractivity contribution in [3.63, 3.8) is 0 Å². The highest BCUT2D eigenvalue weighted by atomic mass is 32.1. The lowest BCUT2D eigenvalue weighted by atomic mass is 10.3. The number of benzene rings is 1. The fraction of sp³-hybridized carbons (Fsp3) is 0. The van der Waals surface area contributed by atoms with Crippen LogP contribution in [0.15, 0.2) is 36.5 Å². The zero-order valence-corrected chi connectivity index (χ0v) is 9.39. The van der Waals surface area contributed by atoms with Crippen molar-refractivity contribution in [1.29, 1.82) is 0 Å². The molecule has 0 spiro atoms. The summed E-state index contributed by atoms with van der Waals surface area (Å²) in [4.78, 5) is 15.1. The van der Waals surface area contributed by atoms with Gasteiger partial charge < -0.3 is 5.11 Å². The molecule has 0 aliphatic rings. The molecule has 5 nitrogen and oxygen atoms in total. The molecule has 1 N–H and O–H groups in total. The molecular weight excluding hydrogens is 238 g/mol. The number of para-hydroxylation sites is 1. The van der Waals surface area contributed by atoms with Crippen LogP contribution in [0.1, 0.15) is 10.5 Å². The van der Waals surface area contributed by atoms with Crippen LogP contribution in [0.2, 0.25) is 0 Å². The zero-order valence-electron chi connectivity index (χ0n) is 8.57. The van der Waals surface area contributed by atoms with Gasteiger partial charge in [-0.05, 0) is 18.2 Å². The minimum Gasteiger partial charge on any atom is -0.476 e. The average Bonchev–Trinajstić information content (AvgIpc) is 2.95. The second-order valence-corrected chi connectivity index (χ2v) is 4.42. The number of aromatic nitrogens is 3. The largest absolute Gasteiger partial charge is 0.476 e. The summed E-state index contributed by atoms with van der Waals surface area (Å²) in [5.74, 6) is -1.04. The summed E-state index contributed by atoms with van der Waals surface area (Å²) in [6.07, 6.45) is 1.60. The Hall–Kier alpha value is -2.21. The molecule has 2 heterocycles. The average molecular weight is 245 g/mol. The summed E-state index contributed by atoms with van der Waals surface area (Å²) in [6, 6.07) is 9.19. The van der Waals surface area contributed by atoms with Gasteiger partial charge in [0.15, 0.2) is 5.69 Å². The second kappa shape index (κ2) is 3.67. The normalized spacial score (nSPS) is 10.8. The van der Waals surface area contributed by atoms with Crippen LogP contribution in [-0.4, -0.2) is 25.8 Å². The first-order valence-corrected chi connectivity index (χ1v) is 5.70. The van der Waals surface area contributed by atoms with Crippen LogP contribution in [0, 0.1) is 0 Å². The lowest BCUT2D eigenvalue weighted by Crippen LogP contribution is -2.00. The van der Waals surface area contributed by atoms with Gasteiger partial charge in [0, 0.05) is 6.20 Å². The number of fused-ring (bicyclic) bond motifs is 1. The van der Waals surface area contributed by atoms with Gasteiger partial charge in [-0.15, -0.1) is 0 Å². The Morgan fingerprint density at radius 1 is 1.29 bits per heavy atom.